The van der Waals surface area contributed by atoms with Crippen LogP contribution in [-0.4, -0.2) is 4.92 Å². The third-order valence-corrected chi connectivity index (χ3v) is 6.51. The van der Waals surface area contributed by atoms with E-state index >= 15 is 0 Å². The van der Waals surface area contributed by atoms with Gasteiger partial charge in [-0.15, -0.1) is 0 Å². The molecule has 5 rings (SSSR count). The number of nitrogens with one attached hydrogen (secondary N) is 1. The van der Waals surface area contributed by atoms with Crippen molar-refractivity contribution in [1.82, 2.24) is 0 Å². The SMILES string of the molecule is O=[N+]([O-])c1cccc(SNc2c(-c3ccccc3)cc(-c3ccccc3)cc2-c2ccccc2)c1. The number of hydrogen-bond donors (Lipinski definition) is 1. The highest BCUT2D eigenvalue weighted by molar-refractivity contribution is 8.00. The molecule has 0 bridgehead atoms. The molecule has 0 fully saturated rings. The Balaban J connectivity index is 1.67. The average Bonchev–Trinajstić information content (AvgIpc) is 2.93. The zero-order chi connectivity index (χ0) is 24.0. The molecule has 1 N–H and O–H groups in total. The summed E-state index contributed by atoms with van der Waals surface area (Å²) in [6.07, 6.45) is 0. The van der Waals surface area contributed by atoms with Gasteiger partial charge in [-0.25, -0.2) is 0 Å². The van der Waals surface area contributed by atoms with Crippen LogP contribution in [0.1, 0.15) is 0 Å². The highest BCUT2D eigenvalue weighted by Crippen LogP contribution is 2.43. The number of nitro groups is 1. The van der Waals surface area contributed by atoms with Crippen molar-refractivity contribution in [3.8, 4) is 33.4 Å². The quantitative estimate of drug-likeness (QED) is 0.146. The van der Waals surface area contributed by atoms with E-state index in [-0.39, 0.29) is 10.6 Å². The molecule has 0 aliphatic rings. The van der Waals surface area contributed by atoms with Gasteiger partial charge in [0.2, 0.25) is 0 Å². The van der Waals surface area contributed by atoms with Crippen molar-refractivity contribution >= 4 is 23.3 Å². The highest BCUT2D eigenvalue weighted by atomic mass is 32.2. The van der Waals surface area contributed by atoms with E-state index in [2.05, 4.69) is 53.3 Å². The molecule has 0 atom stereocenters. The van der Waals surface area contributed by atoms with E-state index in [0.29, 0.717) is 0 Å². The topological polar surface area (TPSA) is 55.2 Å². The molecule has 5 heteroatoms. The summed E-state index contributed by atoms with van der Waals surface area (Å²) in [7, 11) is 0. The van der Waals surface area contributed by atoms with Gasteiger partial charge in [0.25, 0.3) is 5.69 Å². The fourth-order valence-electron chi connectivity index (χ4n) is 4.01. The Kier molecular flexibility index (Phi) is 6.59. The summed E-state index contributed by atoms with van der Waals surface area (Å²) in [6, 6.07) is 41.9. The van der Waals surface area contributed by atoms with Crippen LogP contribution in [0.25, 0.3) is 33.4 Å². The molecular weight excluding hydrogens is 452 g/mol. The van der Waals surface area contributed by atoms with Gasteiger partial charge in [0, 0.05) is 28.2 Å². The first-order valence-electron chi connectivity index (χ1n) is 11.2. The molecule has 170 valence electrons. The van der Waals surface area contributed by atoms with Crippen LogP contribution in [-0.2, 0) is 0 Å². The van der Waals surface area contributed by atoms with Gasteiger partial charge >= 0.3 is 0 Å². The molecule has 0 amide bonds. The van der Waals surface area contributed by atoms with Crippen LogP contribution >= 0.6 is 11.9 Å². The minimum absolute atomic E-state index is 0.0720. The molecule has 35 heavy (non-hydrogen) atoms. The number of non-ortho nitro benzene ring substituents is 1. The van der Waals surface area contributed by atoms with Gasteiger partial charge < -0.3 is 4.72 Å². The van der Waals surface area contributed by atoms with Crippen molar-refractivity contribution in [3.05, 3.63) is 138 Å². The molecule has 0 aromatic heterocycles. The van der Waals surface area contributed by atoms with Crippen molar-refractivity contribution in [2.45, 2.75) is 4.90 Å². The second-order valence-electron chi connectivity index (χ2n) is 8.00. The van der Waals surface area contributed by atoms with E-state index in [1.165, 1.54) is 18.0 Å². The first-order chi connectivity index (χ1) is 17.2. The largest absolute Gasteiger partial charge is 0.325 e. The second-order valence-corrected chi connectivity index (χ2v) is 8.88. The normalized spacial score (nSPS) is 10.6. The standard InChI is InChI=1S/C30H22N2O2S/c33-32(34)26-17-10-18-27(21-26)35-31-30-28(23-13-6-2-7-14-23)19-25(22-11-4-1-5-12-22)20-29(30)24-15-8-3-9-16-24/h1-21,31H. The Morgan fingerprint density at radius 1 is 0.571 bits per heavy atom. The molecule has 0 radical (unpaired) electrons. The molecule has 0 aliphatic carbocycles. The maximum absolute atomic E-state index is 11.3. The van der Waals surface area contributed by atoms with Crippen LogP contribution in [0.4, 0.5) is 11.4 Å². The number of benzene rings is 5. The summed E-state index contributed by atoms with van der Waals surface area (Å²) in [4.78, 5) is 11.7. The molecule has 5 aromatic carbocycles. The van der Waals surface area contributed by atoms with Crippen LogP contribution in [0.15, 0.2) is 132 Å². The summed E-state index contributed by atoms with van der Waals surface area (Å²) in [5.41, 5.74) is 7.58. The van der Waals surface area contributed by atoms with E-state index in [1.807, 2.05) is 60.7 Å². The van der Waals surface area contributed by atoms with Crippen LogP contribution in [0.2, 0.25) is 0 Å². The minimum Gasteiger partial charge on any atom is -0.325 e. The third-order valence-electron chi connectivity index (χ3n) is 5.71. The lowest BCUT2D eigenvalue weighted by Crippen LogP contribution is -1.97. The first-order valence-corrected chi connectivity index (χ1v) is 12.0. The molecule has 0 saturated carbocycles. The van der Waals surface area contributed by atoms with Gasteiger partial charge in [0.05, 0.1) is 10.6 Å². The Bertz CT molecular complexity index is 1400. The summed E-state index contributed by atoms with van der Waals surface area (Å²) in [6.45, 7) is 0. The van der Waals surface area contributed by atoms with Gasteiger partial charge in [0.15, 0.2) is 0 Å². The van der Waals surface area contributed by atoms with Crippen molar-refractivity contribution in [2.75, 3.05) is 4.72 Å². The molecule has 0 aliphatic heterocycles. The molecule has 0 unspecified atom stereocenters. The first kappa shape index (κ1) is 22.4. The number of nitro benzene ring substituents is 1. The lowest BCUT2D eigenvalue weighted by atomic mass is 9.91. The Morgan fingerprint density at radius 2 is 1.09 bits per heavy atom. The zero-order valence-electron chi connectivity index (χ0n) is 18.8. The van der Waals surface area contributed by atoms with E-state index in [4.69, 9.17) is 0 Å². The smallest absolute Gasteiger partial charge is 0.270 e. The van der Waals surface area contributed by atoms with Crippen LogP contribution in [0.3, 0.4) is 0 Å². The summed E-state index contributed by atoms with van der Waals surface area (Å²) < 4.78 is 3.53. The van der Waals surface area contributed by atoms with Gasteiger partial charge in [-0.05, 0) is 52.4 Å². The van der Waals surface area contributed by atoms with Gasteiger partial charge in [-0.1, -0.05) is 97.1 Å². The number of anilines is 1. The highest BCUT2D eigenvalue weighted by Gasteiger charge is 2.16. The predicted molar refractivity (Wildman–Crippen MR) is 145 cm³/mol. The lowest BCUT2D eigenvalue weighted by Gasteiger charge is -2.19. The van der Waals surface area contributed by atoms with Gasteiger partial charge in [0.1, 0.15) is 0 Å². The molecule has 0 spiro atoms. The van der Waals surface area contributed by atoms with Crippen molar-refractivity contribution in [1.29, 1.82) is 0 Å². The number of hydrogen-bond acceptors (Lipinski definition) is 4. The minimum atomic E-state index is -0.372. The van der Waals surface area contributed by atoms with Crippen molar-refractivity contribution < 1.29 is 4.92 Å². The van der Waals surface area contributed by atoms with Crippen LogP contribution < -0.4 is 4.72 Å². The maximum atomic E-state index is 11.3. The van der Waals surface area contributed by atoms with Gasteiger partial charge in [-0.3, -0.25) is 10.1 Å². The molecular formula is C30H22N2O2S. The molecule has 0 heterocycles. The van der Waals surface area contributed by atoms with E-state index in [1.54, 1.807) is 12.1 Å². The van der Waals surface area contributed by atoms with Crippen LogP contribution in [0.5, 0.6) is 0 Å². The summed E-state index contributed by atoms with van der Waals surface area (Å²) in [5, 5.41) is 11.3. The average molecular weight is 475 g/mol. The van der Waals surface area contributed by atoms with Crippen molar-refractivity contribution in [3.63, 3.8) is 0 Å². The Hall–Kier alpha value is -4.35. The zero-order valence-corrected chi connectivity index (χ0v) is 19.6. The van der Waals surface area contributed by atoms with Crippen molar-refractivity contribution in [2.24, 2.45) is 0 Å². The number of nitrogens with zero attached hydrogens (tertiary/aromatic N) is 1. The van der Waals surface area contributed by atoms with Gasteiger partial charge in [-0.2, -0.15) is 0 Å². The van der Waals surface area contributed by atoms with Crippen LogP contribution in [0, 0.1) is 10.1 Å². The maximum Gasteiger partial charge on any atom is 0.270 e. The Morgan fingerprint density at radius 3 is 1.60 bits per heavy atom. The Labute approximate surface area is 208 Å². The second kappa shape index (κ2) is 10.3. The number of rotatable bonds is 7. The third kappa shape index (κ3) is 5.10. The van der Waals surface area contributed by atoms with E-state index in [0.717, 1.165) is 44.0 Å². The van der Waals surface area contributed by atoms with E-state index < -0.39 is 0 Å². The monoisotopic (exact) mass is 474 g/mol. The fraction of sp³-hybridized carbons (Fsp3) is 0. The summed E-state index contributed by atoms with van der Waals surface area (Å²) in [5.74, 6) is 0. The molecule has 0 saturated heterocycles. The lowest BCUT2D eigenvalue weighted by molar-refractivity contribution is -0.385. The fourth-order valence-corrected chi connectivity index (χ4v) is 4.78. The predicted octanol–water partition coefficient (Wildman–Crippen LogP) is 8.72. The molecule has 4 nitrogen and oxygen atoms in total. The molecule has 5 aromatic rings. The summed E-state index contributed by atoms with van der Waals surface area (Å²) >= 11 is 1.37. The van der Waals surface area contributed by atoms with E-state index in [9.17, 15) is 10.1 Å².